The molecule has 0 fully saturated rings. The van der Waals surface area contributed by atoms with E-state index in [9.17, 15) is 8.42 Å². The Morgan fingerprint density at radius 2 is 2.12 bits per heavy atom. The molecule has 0 aliphatic carbocycles. The number of nitrogens with zero attached hydrogens (tertiary/aromatic N) is 4. The lowest BCUT2D eigenvalue weighted by atomic mass is 10.2. The molecule has 0 aliphatic rings. The Morgan fingerprint density at radius 1 is 1.33 bits per heavy atom. The van der Waals surface area contributed by atoms with Crippen molar-refractivity contribution in [3.05, 3.63) is 52.2 Å². The fraction of sp³-hybridized carbons (Fsp3) is 0.333. The van der Waals surface area contributed by atoms with Gasteiger partial charge in [-0.2, -0.15) is 10.2 Å². The average Bonchev–Trinajstić information content (AvgIpc) is 3.23. The summed E-state index contributed by atoms with van der Waals surface area (Å²) in [6.45, 7) is 3.67. The van der Waals surface area contributed by atoms with Crippen molar-refractivity contribution in [2.45, 2.75) is 24.8 Å². The number of thiophene rings is 1. The van der Waals surface area contributed by atoms with Crippen molar-refractivity contribution >= 4 is 21.4 Å². The highest BCUT2D eigenvalue weighted by Crippen LogP contribution is 2.23. The van der Waals surface area contributed by atoms with Crippen LogP contribution < -0.4 is 4.72 Å². The van der Waals surface area contributed by atoms with Gasteiger partial charge in [-0.15, -0.1) is 11.3 Å². The minimum absolute atomic E-state index is 0.188. The molecular weight excluding hydrogens is 346 g/mol. The van der Waals surface area contributed by atoms with E-state index in [-0.39, 0.29) is 17.5 Å². The number of rotatable bonds is 6. The molecule has 128 valence electrons. The monoisotopic (exact) mass is 365 g/mol. The van der Waals surface area contributed by atoms with E-state index < -0.39 is 10.0 Å². The topological polar surface area (TPSA) is 81.8 Å². The molecule has 1 N–H and O–H groups in total. The van der Waals surface area contributed by atoms with Gasteiger partial charge in [0, 0.05) is 30.9 Å². The van der Waals surface area contributed by atoms with Gasteiger partial charge in [-0.05, 0) is 31.4 Å². The fourth-order valence-corrected chi connectivity index (χ4v) is 4.97. The zero-order valence-electron chi connectivity index (χ0n) is 13.7. The quantitative estimate of drug-likeness (QED) is 0.723. The van der Waals surface area contributed by atoms with Gasteiger partial charge in [0.25, 0.3) is 0 Å². The molecule has 1 unspecified atom stereocenters. The summed E-state index contributed by atoms with van der Waals surface area (Å²) in [6, 6.07) is 5.56. The van der Waals surface area contributed by atoms with E-state index in [0.29, 0.717) is 11.4 Å². The molecule has 7 nitrogen and oxygen atoms in total. The van der Waals surface area contributed by atoms with Gasteiger partial charge >= 0.3 is 0 Å². The van der Waals surface area contributed by atoms with E-state index in [1.165, 1.54) is 0 Å². The minimum Gasteiger partial charge on any atom is -0.271 e. The normalized spacial score (nSPS) is 13.3. The van der Waals surface area contributed by atoms with Crippen molar-refractivity contribution in [1.82, 2.24) is 24.3 Å². The van der Waals surface area contributed by atoms with Gasteiger partial charge < -0.3 is 0 Å². The maximum absolute atomic E-state index is 12.7. The molecule has 0 radical (unpaired) electrons. The van der Waals surface area contributed by atoms with Crippen LogP contribution in [-0.4, -0.2) is 34.5 Å². The Kier molecular flexibility index (Phi) is 4.57. The first-order chi connectivity index (χ1) is 11.4. The van der Waals surface area contributed by atoms with Crippen molar-refractivity contribution < 1.29 is 8.42 Å². The van der Waals surface area contributed by atoms with Gasteiger partial charge in [-0.3, -0.25) is 9.36 Å². The van der Waals surface area contributed by atoms with Crippen LogP contribution in [0, 0.1) is 13.8 Å². The second-order valence-corrected chi connectivity index (χ2v) is 8.18. The largest absolute Gasteiger partial charge is 0.271 e. The minimum atomic E-state index is -3.65. The maximum Gasteiger partial charge on any atom is 0.244 e. The third-order valence-electron chi connectivity index (χ3n) is 3.89. The van der Waals surface area contributed by atoms with Crippen molar-refractivity contribution in [3.63, 3.8) is 0 Å². The summed E-state index contributed by atoms with van der Waals surface area (Å²) in [6.07, 6.45) is 3.52. The summed E-state index contributed by atoms with van der Waals surface area (Å²) < 4.78 is 31.5. The summed E-state index contributed by atoms with van der Waals surface area (Å²) in [5.41, 5.74) is 1.11. The molecule has 0 aromatic carbocycles. The lowest BCUT2D eigenvalue weighted by Crippen LogP contribution is -2.32. The highest BCUT2D eigenvalue weighted by atomic mass is 32.2. The van der Waals surface area contributed by atoms with Gasteiger partial charge in [0.2, 0.25) is 10.0 Å². The Bertz CT molecular complexity index is 877. The van der Waals surface area contributed by atoms with Crippen LogP contribution in [0.25, 0.3) is 0 Å². The smallest absolute Gasteiger partial charge is 0.244 e. The molecule has 3 heterocycles. The molecule has 0 spiro atoms. The third kappa shape index (κ3) is 3.14. The predicted molar refractivity (Wildman–Crippen MR) is 92.6 cm³/mol. The molecule has 24 heavy (non-hydrogen) atoms. The maximum atomic E-state index is 12.7. The molecule has 3 aromatic heterocycles. The van der Waals surface area contributed by atoms with Crippen molar-refractivity contribution in [2.24, 2.45) is 7.05 Å². The molecule has 0 amide bonds. The number of nitrogens with one attached hydrogen (secondary N) is 1. The van der Waals surface area contributed by atoms with Crippen LogP contribution in [-0.2, 0) is 17.1 Å². The molecule has 9 heteroatoms. The van der Waals surface area contributed by atoms with Gasteiger partial charge in [0.1, 0.15) is 4.90 Å². The number of aryl methyl sites for hydroxylation is 2. The van der Waals surface area contributed by atoms with E-state index in [0.717, 1.165) is 4.88 Å². The lowest BCUT2D eigenvalue weighted by molar-refractivity contribution is 0.511. The molecule has 0 aliphatic heterocycles. The van der Waals surface area contributed by atoms with E-state index in [1.54, 1.807) is 47.8 Å². The Labute approximate surface area is 145 Å². The molecule has 1 atom stereocenters. The van der Waals surface area contributed by atoms with E-state index >= 15 is 0 Å². The van der Waals surface area contributed by atoms with Crippen LogP contribution in [0.1, 0.15) is 22.3 Å². The predicted octanol–water partition coefficient (Wildman–Crippen LogP) is 1.86. The SMILES string of the molecule is Cc1nn(C)c(C)c1S(=O)(=O)NCC(c1cccs1)n1cccn1. The number of hydrogen-bond donors (Lipinski definition) is 1. The van der Waals surface area contributed by atoms with E-state index in [4.69, 9.17) is 0 Å². The summed E-state index contributed by atoms with van der Waals surface area (Å²) in [5.74, 6) is 0. The molecule has 0 saturated carbocycles. The number of aromatic nitrogens is 4. The van der Waals surface area contributed by atoms with Gasteiger partial charge in [0.15, 0.2) is 0 Å². The van der Waals surface area contributed by atoms with Crippen LogP contribution in [0.4, 0.5) is 0 Å². The first-order valence-corrected chi connectivity index (χ1v) is 9.79. The van der Waals surface area contributed by atoms with Gasteiger partial charge in [-0.1, -0.05) is 6.07 Å². The Morgan fingerprint density at radius 3 is 2.67 bits per heavy atom. The van der Waals surface area contributed by atoms with Crippen molar-refractivity contribution in [3.8, 4) is 0 Å². The average molecular weight is 365 g/mol. The van der Waals surface area contributed by atoms with Crippen LogP contribution in [0.15, 0.2) is 40.9 Å². The van der Waals surface area contributed by atoms with Crippen LogP contribution in [0.3, 0.4) is 0 Å². The summed E-state index contributed by atoms with van der Waals surface area (Å²) >= 11 is 1.57. The Hall–Kier alpha value is -1.97. The Balaban J connectivity index is 1.87. The van der Waals surface area contributed by atoms with Crippen molar-refractivity contribution in [2.75, 3.05) is 6.54 Å². The summed E-state index contributed by atoms with van der Waals surface area (Å²) in [4.78, 5) is 1.29. The zero-order valence-corrected chi connectivity index (χ0v) is 15.3. The van der Waals surface area contributed by atoms with E-state index in [1.807, 2.05) is 29.8 Å². The first kappa shape index (κ1) is 16.9. The third-order valence-corrected chi connectivity index (χ3v) is 6.54. The number of sulfonamides is 1. The molecule has 0 saturated heterocycles. The van der Waals surface area contributed by atoms with Crippen LogP contribution >= 0.6 is 11.3 Å². The number of hydrogen-bond acceptors (Lipinski definition) is 5. The van der Waals surface area contributed by atoms with Crippen molar-refractivity contribution in [1.29, 1.82) is 0 Å². The highest BCUT2D eigenvalue weighted by molar-refractivity contribution is 7.89. The highest BCUT2D eigenvalue weighted by Gasteiger charge is 2.25. The van der Waals surface area contributed by atoms with E-state index in [2.05, 4.69) is 14.9 Å². The molecule has 3 aromatic rings. The van der Waals surface area contributed by atoms with Gasteiger partial charge in [-0.25, -0.2) is 13.1 Å². The molecule has 0 bridgehead atoms. The van der Waals surface area contributed by atoms with Crippen LogP contribution in [0.2, 0.25) is 0 Å². The second kappa shape index (κ2) is 6.50. The first-order valence-electron chi connectivity index (χ1n) is 7.42. The fourth-order valence-electron chi connectivity index (χ4n) is 2.67. The van der Waals surface area contributed by atoms with Gasteiger partial charge in [0.05, 0.1) is 17.4 Å². The lowest BCUT2D eigenvalue weighted by Gasteiger charge is -2.17. The molecular formula is C15H19N5O2S2. The summed E-state index contributed by atoms with van der Waals surface area (Å²) in [5, 5.41) is 10.4. The standard InChI is InChI=1S/C15H19N5O2S2/c1-11-15(12(2)19(3)18-11)24(21,22)17-10-13(14-6-4-9-23-14)20-8-5-7-16-20/h4-9,13,17H,10H2,1-3H3. The van der Waals surface area contributed by atoms with Crippen LogP contribution in [0.5, 0.6) is 0 Å². The molecule has 3 rings (SSSR count). The summed E-state index contributed by atoms with van der Waals surface area (Å²) in [7, 11) is -1.91. The second-order valence-electron chi connectivity index (χ2n) is 5.49. The zero-order chi connectivity index (χ0) is 17.3.